The Morgan fingerprint density at radius 1 is 1.00 bits per heavy atom. The van der Waals surface area contributed by atoms with E-state index in [1.165, 1.54) is 16.0 Å². The largest absolute Gasteiger partial charge is 0.508 e. The first-order valence-corrected chi connectivity index (χ1v) is 7.76. The molecule has 0 unspecified atom stereocenters. The molecule has 1 aromatic heterocycles. The lowest BCUT2D eigenvalue weighted by molar-refractivity contribution is 0.475. The molecule has 0 aliphatic heterocycles. The van der Waals surface area contributed by atoms with Crippen LogP contribution in [-0.2, 0) is 6.54 Å². The van der Waals surface area contributed by atoms with E-state index in [0.717, 1.165) is 17.8 Å². The van der Waals surface area contributed by atoms with Gasteiger partial charge < -0.3 is 10.4 Å². The zero-order valence-electron chi connectivity index (χ0n) is 11.8. The Hall–Kier alpha value is -2.26. The summed E-state index contributed by atoms with van der Waals surface area (Å²) in [5.74, 6) is 0.306. The molecule has 0 aliphatic rings. The molecule has 3 aromatic rings. The van der Waals surface area contributed by atoms with Gasteiger partial charge in [-0.25, -0.2) is 0 Å². The van der Waals surface area contributed by atoms with Crippen molar-refractivity contribution in [1.29, 1.82) is 0 Å². The number of anilines is 1. The van der Waals surface area contributed by atoms with E-state index in [0.29, 0.717) is 5.75 Å². The van der Waals surface area contributed by atoms with Crippen LogP contribution in [0.4, 0.5) is 5.69 Å². The van der Waals surface area contributed by atoms with Crippen molar-refractivity contribution in [3.05, 3.63) is 70.4 Å². The standard InChI is InChI=1S/C18H17NOS/c1-13-9-16(20)7-8-18(13)19-11-17-10-15(12-21-17)14-5-3-2-4-6-14/h2-10,12,19-20H,11H2,1H3. The number of hydrogen-bond donors (Lipinski definition) is 2. The van der Waals surface area contributed by atoms with Crippen LogP contribution in [0.2, 0.25) is 0 Å². The van der Waals surface area contributed by atoms with Crippen molar-refractivity contribution in [1.82, 2.24) is 0 Å². The van der Waals surface area contributed by atoms with Crippen molar-refractivity contribution in [3.8, 4) is 16.9 Å². The molecule has 0 aliphatic carbocycles. The Labute approximate surface area is 128 Å². The van der Waals surface area contributed by atoms with E-state index in [1.54, 1.807) is 23.5 Å². The lowest BCUT2D eigenvalue weighted by Gasteiger charge is -2.08. The summed E-state index contributed by atoms with van der Waals surface area (Å²) in [4.78, 5) is 1.29. The molecule has 21 heavy (non-hydrogen) atoms. The van der Waals surface area contributed by atoms with E-state index in [9.17, 15) is 5.11 Å². The molecular formula is C18H17NOS. The van der Waals surface area contributed by atoms with Gasteiger partial charge in [-0.1, -0.05) is 30.3 Å². The zero-order valence-corrected chi connectivity index (χ0v) is 12.7. The second-order valence-corrected chi connectivity index (χ2v) is 6.02. The molecule has 0 radical (unpaired) electrons. The SMILES string of the molecule is Cc1cc(O)ccc1NCc1cc(-c2ccccc2)cs1. The molecule has 106 valence electrons. The minimum atomic E-state index is 0.306. The molecule has 0 bridgehead atoms. The van der Waals surface area contributed by atoms with Gasteiger partial charge in [0.05, 0.1) is 0 Å². The number of benzene rings is 2. The van der Waals surface area contributed by atoms with Gasteiger partial charge in [-0.3, -0.25) is 0 Å². The number of rotatable bonds is 4. The van der Waals surface area contributed by atoms with Gasteiger partial charge in [0.2, 0.25) is 0 Å². The van der Waals surface area contributed by atoms with Crippen LogP contribution in [0.15, 0.2) is 60.0 Å². The smallest absolute Gasteiger partial charge is 0.115 e. The van der Waals surface area contributed by atoms with Crippen molar-refractivity contribution < 1.29 is 5.11 Å². The summed E-state index contributed by atoms with van der Waals surface area (Å²) in [6, 6.07) is 18.0. The monoisotopic (exact) mass is 295 g/mol. The summed E-state index contributed by atoms with van der Waals surface area (Å²) >= 11 is 1.76. The molecule has 2 N–H and O–H groups in total. The number of phenols is 1. The number of aryl methyl sites for hydroxylation is 1. The van der Waals surface area contributed by atoms with Gasteiger partial charge in [-0.2, -0.15) is 0 Å². The van der Waals surface area contributed by atoms with Crippen LogP contribution in [-0.4, -0.2) is 5.11 Å². The second kappa shape index (κ2) is 6.02. The van der Waals surface area contributed by atoms with Crippen molar-refractivity contribution in [3.63, 3.8) is 0 Å². The predicted molar refractivity (Wildman–Crippen MR) is 89.9 cm³/mol. The maximum Gasteiger partial charge on any atom is 0.115 e. The van der Waals surface area contributed by atoms with Crippen LogP contribution >= 0.6 is 11.3 Å². The van der Waals surface area contributed by atoms with Gasteiger partial charge in [0, 0.05) is 17.1 Å². The molecule has 0 fully saturated rings. The summed E-state index contributed by atoms with van der Waals surface area (Å²) in [7, 11) is 0. The van der Waals surface area contributed by atoms with Gasteiger partial charge in [-0.05, 0) is 53.3 Å². The van der Waals surface area contributed by atoms with Gasteiger partial charge >= 0.3 is 0 Å². The van der Waals surface area contributed by atoms with Crippen LogP contribution in [0, 0.1) is 6.92 Å². The normalized spacial score (nSPS) is 10.5. The molecule has 0 amide bonds. The van der Waals surface area contributed by atoms with Crippen molar-refractivity contribution >= 4 is 17.0 Å². The predicted octanol–water partition coefficient (Wildman–Crippen LogP) is 5.04. The van der Waals surface area contributed by atoms with Gasteiger partial charge in [0.15, 0.2) is 0 Å². The van der Waals surface area contributed by atoms with E-state index in [2.05, 4.69) is 41.0 Å². The number of nitrogens with one attached hydrogen (secondary N) is 1. The van der Waals surface area contributed by atoms with E-state index in [-0.39, 0.29) is 0 Å². The van der Waals surface area contributed by atoms with Crippen molar-refractivity contribution in [2.24, 2.45) is 0 Å². The van der Waals surface area contributed by atoms with E-state index in [4.69, 9.17) is 0 Å². The molecule has 2 nitrogen and oxygen atoms in total. The Balaban J connectivity index is 1.70. The van der Waals surface area contributed by atoms with Crippen LogP contribution in [0.5, 0.6) is 5.75 Å². The number of hydrogen-bond acceptors (Lipinski definition) is 3. The summed E-state index contributed by atoms with van der Waals surface area (Å²) in [6.45, 7) is 2.79. The number of phenolic OH excluding ortho intramolecular Hbond substituents is 1. The maximum absolute atomic E-state index is 9.43. The number of aromatic hydroxyl groups is 1. The summed E-state index contributed by atoms with van der Waals surface area (Å²) in [5, 5.41) is 15.0. The van der Waals surface area contributed by atoms with E-state index < -0.39 is 0 Å². The average Bonchev–Trinajstić information content (AvgIpc) is 2.96. The average molecular weight is 295 g/mol. The third-order valence-corrected chi connectivity index (χ3v) is 4.36. The first-order valence-electron chi connectivity index (χ1n) is 6.89. The first kappa shape index (κ1) is 13.7. The summed E-state index contributed by atoms with van der Waals surface area (Å²) in [6.07, 6.45) is 0. The molecule has 3 heteroatoms. The molecule has 0 atom stereocenters. The van der Waals surface area contributed by atoms with Crippen LogP contribution in [0.3, 0.4) is 0 Å². The van der Waals surface area contributed by atoms with Gasteiger partial charge in [0.25, 0.3) is 0 Å². The highest BCUT2D eigenvalue weighted by Crippen LogP contribution is 2.27. The minimum Gasteiger partial charge on any atom is -0.508 e. The molecule has 3 rings (SSSR count). The Kier molecular flexibility index (Phi) is 3.93. The maximum atomic E-state index is 9.43. The Bertz CT molecular complexity index is 734. The highest BCUT2D eigenvalue weighted by atomic mass is 32.1. The fourth-order valence-electron chi connectivity index (χ4n) is 2.28. The third kappa shape index (κ3) is 3.26. The zero-order chi connectivity index (χ0) is 14.7. The van der Waals surface area contributed by atoms with Crippen molar-refractivity contribution in [2.75, 3.05) is 5.32 Å². The molecular weight excluding hydrogens is 278 g/mol. The van der Waals surface area contributed by atoms with Gasteiger partial charge in [-0.15, -0.1) is 11.3 Å². The minimum absolute atomic E-state index is 0.306. The van der Waals surface area contributed by atoms with Crippen LogP contribution in [0.25, 0.3) is 11.1 Å². The fourth-order valence-corrected chi connectivity index (χ4v) is 3.12. The number of thiophene rings is 1. The van der Waals surface area contributed by atoms with Gasteiger partial charge in [0.1, 0.15) is 5.75 Å². The molecule has 0 saturated carbocycles. The Morgan fingerprint density at radius 2 is 1.81 bits per heavy atom. The highest BCUT2D eigenvalue weighted by molar-refractivity contribution is 7.10. The molecule has 0 saturated heterocycles. The fraction of sp³-hybridized carbons (Fsp3) is 0.111. The molecule has 2 aromatic carbocycles. The van der Waals surface area contributed by atoms with Crippen LogP contribution < -0.4 is 5.32 Å². The van der Waals surface area contributed by atoms with E-state index >= 15 is 0 Å². The third-order valence-electron chi connectivity index (χ3n) is 3.42. The summed E-state index contributed by atoms with van der Waals surface area (Å²) < 4.78 is 0. The quantitative estimate of drug-likeness (QED) is 0.661. The molecule has 0 spiro atoms. The van der Waals surface area contributed by atoms with Crippen LogP contribution in [0.1, 0.15) is 10.4 Å². The summed E-state index contributed by atoms with van der Waals surface area (Å²) in [5.41, 5.74) is 4.62. The first-order chi connectivity index (χ1) is 10.2. The highest BCUT2D eigenvalue weighted by Gasteiger charge is 2.03. The molecule has 1 heterocycles. The Morgan fingerprint density at radius 3 is 2.57 bits per heavy atom. The van der Waals surface area contributed by atoms with Crippen molar-refractivity contribution in [2.45, 2.75) is 13.5 Å². The topological polar surface area (TPSA) is 32.3 Å². The lowest BCUT2D eigenvalue weighted by Crippen LogP contribution is -1.98. The van der Waals surface area contributed by atoms with E-state index in [1.807, 2.05) is 19.1 Å². The second-order valence-electron chi connectivity index (χ2n) is 5.02. The lowest BCUT2D eigenvalue weighted by atomic mass is 10.1.